The second-order valence-corrected chi connectivity index (χ2v) is 6.69. The van der Waals surface area contributed by atoms with E-state index in [-0.39, 0.29) is 5.69 Å². The van der Waals surface area contributed by atoms with Crippen LogP contribution >= 0.6 is 0 Å². The number of imidazole rings is 1. The number of halogens is 1. The second-order valence-electron chi connectivity index (χ2n) is 6.69. The van der Waals surface area contributed by atoms with Gasteiger partial charge in [0.15, 0.2) is 11.6 Å². The third kappa shape index (κ3) is 3.24. The molecule has 4 rings (SSSR count). The van der Waals surface area contributed by atoms with Crippen LogP contribution < -0.4 is 0 Å². The van der Waals surface area contributed by atoms with Crippen molar-refractivity contribution in [3.05, 3.63) is 83.3 Å². The first-order valence-electron chi connectivity index (χ1n) is 8.75. The van der Waals surface area contributed by atoms with Crippen LogP contribution in [0, 0.1) is 26.6 Å². The van der Waals surface area contributed by atoms with Gasteiger partial charge < -0.3 is 0 Å². The molecular weight excluding hydrogens is 339 g/mol. The first-order valence-corrected chi connectivity index (χ1v) is 8.75. The first kappa shape index (κ1) is 17.1. The molecule has 5 heteroatoms. The molecule has 0 unspecified atom stereocenters. The SMILES string of the molecule is Cc1ccc(-c2nc3cc(C)ccn3c2N=Nc2ccccc2F)c(C)c1. The number of hydrogen-bond acceptors (Lipinski definition) is 3. The zero-order chi connectivity index (χ0) is 19.0. The molecular formula is C22H19FN4. The Balaban J connectivity index is 1.93. The van der Waals surface area contributed by atoms with Crippen molar-refractivity contribution in [1.82, 2.24) is 9.38 Å². The molecule has 2 aromatic heterocycles. The summed E-state index contributed by atoms with van der Waals surface area (Å²) < 4.78 is 15.8. The average Bonchev–Trinajstić information content (AvgIpc) is 2.98. The fourth-order valence-electron chi connectivity index (χ4n) is 3.12. The van der Waals surface area contributed by atoms with E-state index in [0.717, 1.165) is 28.0 Å². The van der Waals surface area contributed by atoms with Crippen LogP contribution in [-0.4, -0.2) is 9.38 Å². The third-order valence-electron chi connectivity index (χ3n) is 4.50. The van der Waals surface area contributed by atoms with Gasteiger partial charge in [0.05, 0.1) is 0 Å². The monoisotopic (exact) mass is 358 g/mol. The molecule has 4 nitrogen and oxygen atoms in total. The van der Waals surface area contributed by atoms with Crippen molar-refractivity contribution in [3.8, 4) is 11.3 Å². The molecule has 0 aliphatic rings. The fourth-order valence-corrected chi connectivity index (χ4v) is 3.12. The smallest absolute Gasteiger partial charge is 0.187 e. The van der Waals surface area contributed by atoms with Crippen LogP contribution in [0.3, 0.4) is 0 Å². The lowest BCUT2D eigenvalue weighted by molar-refractivity contribution is 0.628. The van der Waals surface area contributed by atoms with Crippen molar-refractivity contribution in [3.63, 3.8) is 0 Å². The number of pyridine rings is 1. The summed E-state index contributed by atoms with van der Waals surface area (Å²) in [6.07, 6.45) is 1.92. The number of rotatable bonds is 3. The molecule has 0 saturated carbocycles. The van der Waals surface area contributed by atoms with Crippen molar-refractivity contribution < 1.29 is 4.39 Å². The van der Waals surface area contributed by atoms with Gasteiger partial charge in [-0.2, -0.15) is 0 Å². The Labute approximate surface area is 157 Å². The third-order valence-corrected chi connectivity index (χ3v) is 4.50. The predicted octanol–water partition coefficient (Wildman–Crippen LogP) is 6.48. The van der Waals surface area contributed by atoms with E-state index in [2.05, 4.69) is 36.2 Å². The molecule has 0 amide bonds. The van der Waals surface area contributed by atoms with Crippen molar-refractivity contribution >= 4 is 17.2 Å². The quantitative estimate of drug-likeness (QED) is 0.386. The minimum absolute atomic E-state index is 0.200. The van der Waals surface area contributed by atoms with E-state index in [1.54, 1.807) is 18.2 Å². The number of nitrogens with zero attached hydrogens (tertiary/aromatic N) is 4. The number of hydrogen-bond donors (Lipinski definition) is 0. The van der Waals surface area contributed by atoms with Crippen molar-refractivity contribution in [1.29, 1.82) is 0 Å². The zero-order valence-corrected chi connectivity index (χ0v) is 15.4. The average molecular weight is 358 g/mol. The Hall–Kier alpha value is -3.34. The lowest BCUT2D eigenvalue weighted by atomic mass is 10.0. The number of azo groups is 1. The molecule has 27 heavy (non-hydrogen) atoms. The molecule has 0 N–H and O–H groups in total. The Morgan fingerprint density at radius 1 is 0.889 bits per heavy atom. The van der Waals surface area contributed by atoms with Crippen molar-refractivity contribution in [2.24, 2.45) is 10.2 Å². The molecule has 0 aliphatic heterocycles. The van der Waals surface area contributed by atoms with Crippen LogP contribution in [0.15, 0.2) is 71.0 Å². The van der Waals surface area contributed by atoms with Crippen LogP contribution in [0.4, 0.5) is 15.9 Å². The van der Waals surface area contributed by atoms with Crippen molar-refractivity contribution in [2.75, 3.05) is 0 Å². The highest BCUT2D eigenvalue weighted by atomic mass is 19.1. The van der Waals surface area contributed by atoms with Gasteiger partial charge in [-0.25, -0.2) is 9.37 Å². The zero-order valence-electron chi connectivity index (χ0n) is 15.4. The van der Waals surface area contributed by atoms with Gasteiger partial charge in [-0.1, -0.05) is 35.9 Å². The molecule has 0 saturated heterocycles. The molecule has 0 aliphatic carbocycles. The van der Waals surface area contributed by atoms with Gasteiger partial charge in [0, 0.05) is 11.8 Å². The van der Waals surface area contributed by atoms with Crippen LogP contribution in [0.1, 0.15) is 16.7 Å². The molecule has 2 aromatic carbocycles. The van der Waals surface area contributed by atoms with E-state index in [0.29, 0.717) is 5.82 Å². The lowest BCUT2D eigenvalue weighted by Crippen LogP contribution is -1.86. The Kier molecular flexibility index (Phi) is 4.28. The number of aryl methyl sites for hydroxylation is 3. The Morgan fingerprint density at radius 2 is 1.67 bits per heavy atom. The summed E-state index contributed by atoms with van der Waals surface area (Å²) in [5.74, 6) is 0.180. The summed E-state index contributed by atoms with van der Waals surface area (Å²) in [6, 6.07) is 16.5. The predicted molar refractivity (Wildman–Crippen MR) is 105 cm³/mol. The molecule has 0 fully saturated rings. The summed E-state index contributed by atoms with van der Waals surface area (Å²) in [6.45, 7) is 6.13. The first-order chi connectivity index (χ1) is 13.0. The van der Waals surface area contributed by atoms with Gasteiger partial charge in [-0.05, 0) is 56.2 Å². The van der Waals surface area contributed by atoms with Gasteiger partial charge in [0.2, 0.25) is 0 Å². The highest BCUT2D eigenvalue weighted by Crippen LogP contribution is 2.34. The molecule has 0 bridgehead atoms. The van der Waals surface area contributed by atoms with Crippen LogP contribution in [0.25, 0.3) is 16.9 Å². The fraction of sp³-hybridized carbons (Fsp3) is 0.136. The van der Waals surface area contributed by atoms with Gasteiger partial charge in [0.25, 0.3) is 0 Å². The van der Waals surface area contributed by atoms with Gasteiger partial charge >= 0.3 is 0 Å². The topological polar surface area (TPSA) is 42.0 Å². The Bertz CT molecular complexity index is 1170. The second kappa shape index (κ2) is 6.76. The standard InChI is InChI=1S/C22H19FN4/c1-14-8-9-17(16(3)12-14)21-22(26-25-19-7-5-4-6-18(19)23)27-11-10-15(2)13-20(27)24-21/h4-13H,1-3H3. The molecule has 0 atom stereocenters. The maximum Gasteiger partial charge on any atom is 0.187 e. The van der Waals surface area contributed by atoms with Crippen molar-refractivity contribution in [2.45, 2.75) is 20.8 Å². The maximum atomic E-state index is 13.9. The van der Waals surface area contributed by atoms with Gasteiger partial charge in [-0.15, -0.1) is 10.2 Å². The van der Waals surface area contributed by atoms with E-state index in [4.69, 9.17) is 4.98 Å². The minimum Gasteiger partial charge on any atom is -0.283 e. The highest BCUT2D eigenvalue weighted by Gasteiger charge is 2.16. The summed E-state index contributed by atoms with van der Waals surface area (Å²) in [5, 5.41) is 8.52. The maximum absolute atomic E-state index is 13.9. The largest absolute Gasteiger partial charge is 0.283 e. The molecule has 134 valence electrons. The van der Waals surface area contributed by atoms with Crippen LogP contribution in [-0.2, 0) is 0 Å². The van der Waals surface area contributed by atoms with E-state index in [1.165, 1.54) is 11.6 Å². The molecule has 2 heterocycles. The number of benzene rings is 2. The summed E-state index contributed by atoms with van der Waals surface area (Å²) in [4.78, 5) is 4.78. The molecule has 0 radical (unpaired) electrons. The van der Waals surface area contributed by atoms with Gasteiger partial charge in [-0.3, -0.25) is 4.40 Å². The minimum atomic E-state index is -0.404. The lowest BCUT2D eigenvalue weighted by Gasteiger charge is -2.05. The molecule has 4 aromatic rings. The van der Waals surface area contributed by atoms with E-state index < -0.39 is 5.82 Å². The summed E-state index contributed by atoms with van der Waals surface area (Å²) in [5.41, 5.74) is 6.11. The normalized spacial score (nSPS) is 11.6. The van der Waals surface area contributed by atoms with E-state index in [1.807, 2.05) is 35.7 Å². The van der Waals surface area contributed by atoms with Crippen LogP contribution in [0.5, 0.6) is 0 Å². The summed E-state index contributed by atoms with van der Waals surface area (Å²) in [7, 11) is 0. The van der Waals surface area contributed by atoms with Crippen LogP contribution in [0.2, 0.25) is 0 Å². The summed E-state index contributed by atoms with van der Waals surface area (Å²) >= 11 is 0. The van der Waals surface area contributed by atoms with E-state index >= 15 is 0 Å². The highest BCUT2D eigenvalue weighted by molar-refractivity contribution is 5.77. The van der Waals surface area contributed by atoms with E-state index in [9.17, 15) is 4.39 Å². The number of aromatic nitrogens is 2. The Morgan fingerprint density at radius 3 is 2.44 bits per heavy atom. The van der Waals surface area contributed by atoms with Gasteiger partial charge in [0.1, 0.15) is 17.0 Å². The molecule has 0 spiro atoms. The number of fused-ring (bicyclic) bond motifs is 1.